The van der Waals surface area contributed by atoms with E-state index in [1.165, 1.54) is 33.2 Å². The minimum absolute atomic E-state index is 0.997. The van der Waals surface area contributed by atoms with Gasteiger partial charge in [-0.1, -0.05) is 222 Å². The molecule has 6 rings (SSSR count). The Bertz CT molecular complexity index is 840. The van der Waals surface area contributed by atoms with Crippen LogP contribution in [-0.2, 0) is 0 Å². The molecule has 0 saturated heterocycles. The Morgan fingerprint density at radius 3 is 0.460 bits per heavy atom. The lowest BCUT2D eigenvalue weighted by atomic mass is 9.89. The van der Waals surface area contributed by atoms with Crippen molar-refractivity contribution in [3.05, 3.63) is 0 Å². The maximum absolute atomic E-state index is 3.32. The van der Waals surface area contributed by atoms with E-state index in [-0.39, 0.29) is 0 Å². The normalized spacial score (nSPS) is 43.8. The summed E-state index contributed by atoms with van der Waals surface area (Å²) in [5, 5.41) is 0. The van der Waals surface area contributed by atoms with Gasteiger partial charge in [-0.2, -0.15) is 0 Å². The van der Waals surface area contributed by atoms with Crippen LogP contribution in [0.2, 0.25) is 59.4 Å². The minimum atomic E-state index is -1.65. The first-order valence-electron chi connectivity index (χ1n) is 23.7. The molecule has 0 spiro atoms. The van der Waals surface area contributed by atoms with E-state index in [0.29, 0.717) is 0 Å². The van der Waals surface area contributed by atoms with Gasteiger partial charge in [-0.3, -0.25) is 0 Å². The van der Waals surface area contributed by atoms with Crippen LogP contribution in [0.3, 0.4) is 0 Å². The Labute approximate surface area is 318 Å². The molecule has 0 nitrogen and oxygen atoms in total. The first-order valence-corrected chi connectivity index (χ1v) is 37.2. The summed E-state index contributed by atoms with van der Waals surface area (Å²) in [5.74, 6) is 5.98. The van der Waals surface area contributed by atoms with Gasteiger partial charge in [0.1, 0.15) is 0 Å². The summed E-state index contributed by atoms with van der Waals surface area (Å²) in [6.07, 6.45) is 39.1. The number of rotatable bonds is 9. The third kappa shape index (κ3) is 7.30. The van der Waals surface area contributed by atoms with Crippen molar-refractivity contribution < 1.29 is 0 Å². The second kappa shape index (κ2) is 16.5. The molecule has 0 amide bonds. The Balaban J connectivity index is 1.57. The molecule has 50 heavy (non-hydrogen) atoms. The summed E-state index contributed by atoms with van der Waals surface area (Å²) >= 11 is 0. The highest BCUT2D eigenvalue weighted by molar-refractivity contribution is 7.84. The molecule has 0 unspecified atom stereocenters. The molecule has 0 aliphatic heterocycles. The van der Waals surface area contributed by atoms with Gasteiger partial charge >= 0.3 is 0 Å². The molecule has 6 saturated carbocycles. The van der Waals surface area contributed by atoms with E-state index in [0.717, 1.165) is 35.5 Å². The van der Waals surface area contributed by atoms with Crippen molar-refractivity contribution >= 4 is 29.4 Å². The molecule has 6 aliphatic rings. The first-order chi connectivity index (χ1) is 23.7. The molecular weight excluding hydrogens is 665 g/mol. The first kappa shape index (κ1) is 40.5. The summed E-state index contributed by atoms with van der Waals surface area (Å²) in [6.45, 7) is 29.1. The van der Waals surface area contributed by atoms with Crippen LogP contribution in [0.5, 0.6) is 0 Å². The van der Waals surface area contributed by atoms with Gasteiger partial charge in [0.2, 0.25) is 0 Å². The second-order valence-electron chi connectivity index (χ2n) is 22.9. The highest BCUT2D eigenvalue weighted by atomic mass is 29.8. The zero-order chi connectivity index (χ0) is 35.9. The zero-order valence-electron chi connectivity index (χ0n) is 35.9. The van der Waals surface area contributed by atoms with Crippen molar-refractivity contribution in [2.45, 2.75) is 255 Å². The largest absolute Gasteiger partial charge is 0.0733 e. The molecule has 4 heteroatoms. The van der Waals surface area contributed by atoms with Crippen LogP contribution in [0.1, 0.15) is 196 Å². The maximum atomic E-state index is 3.32. The highest BCUT2D eigenvalue weighted by Crippen LogP contribution is 2.68. The molecule has 6 aliphatic carbocycles. The number of hydrogen-bond acceptors (Lipinski definition) is 0. The summed E-state index contributed by atoms with van der Waals surface area (Å²) in [4.78, 5) is 0. The van der Waals surface area contributed by atoms with Crippen molar-refractivity contribution in [1.29, 1.82) is 0 Å². The second-order valence-corrected chi connectivity index (χ2v) is 61.2. The molecule has 0 radical (unpaired) electrons. The van der Waals surface area contributed by atoms with E-state index >= 15 is 0 Å². The SMILES string of the molecule is CC1CCC([Si](C2CCC(C)CC2)(C2CCC(C)CC2)[Si](C)(C)[Si](C)(C)[Si](C2CCC(C)CC2)(C2CCC(C)CC2)C2CCC(C)CC2)CC1. The molecular formula is C46H90Si4. The van der Waals surface area contributed by atoms with Crippen molar-refractivity contribution in [2.75, 3.05) is 0 Å². The van der Waals surface area contributed by atoms with Crippen LogP contribution in [0.25, 0.3) is 0 Å². The quantitative estimate of drug-likeness (QED) is 0.206. The van der Waals surface area contributed by atoms with Gasteiger partial charge < -0.3 is 0 Å². The van der Waals surface area contributed by atoms with Gasteiger partial charge in [0, 0.05) is 14.2 Å². The van der Waals surface area contributed by atoms with Crippen LogP contribution in [-0.4, -0.2) is 29.4 Å². The average molecular weight is 756 g/mol. The number of hydrogen-bond donors (Lipinski definition) is 0. The average Bonchev–Trinajstić information content (AvgIpc) is 3.09. The van der Waals surface area contributed by atoms with Gasteiger partial charge in [-0.25, -0.2) is 0 Å². The van der Waals surface area contributed by atoms with Crippen LogP contribution < -0.4 is 0 Å². The Kier molecular flexibility index (Phi) is 13.4. The van der Waals surface area contributed by atoms with E-state index in [1.54, 1.807) is 154 Å². The molecule has 0 atom stereocenters. The highest BCUT2D eigenvalue weighted by Gasteiger charge is 2.73. The lowest BCUT2D eigenvalue weighted by molar-refractivity contribution is 0.332. The van der Waals surface area contributed by atoms with Crippen LogP contribution in [0.15, 0.2) is 0 Å². The smallest absolute Gasteiger partial charge is 0.0536 e. The maximum Gasteiger partial charge on any atom is 0.0536 e. The summed E-state index contributed by atoms with van der Waals surface area (Å²) in [5.41, 5.74) is 7.17. The predicted octanol–water partition coefficient (Wildman–Crippen LogP) is 16.0. The van der Waals surface area contributed by atoms with Gasteiger partial charge in [0.15, 0.2) is 0 Å². The van der Waals surface area contributed by atoms with Crippen molar-refractivity contribution in [1.82, 2.24) is 0 Å². The molecule has 0 aromatic heterocycles. The van der Waals surface area contributed by atoms with E-state index in [2.05, 4.69) is 67.7 Å². The molecule has 290 valence electrons. The van der Waals surface area contributed by atoms with Gasteiger partial charge in [-0.15, -0.1) is 0 Å². The fraction of sp³-hybridized carbons (Fsp3) is 1.00. The Morgan fingerprint density at radius 1 is 0.220 bits per heavy atom. The third-order valence-electron chi connectivity index (χ3n) is 19.9. The third-order valence-corrected chi connectivity index (χ3v) is 89.9. The van der Waals surface area contributed by atoms with E-state index in [4.69, 9.17) is 0 Å². The van der Waals surface area contributed by atoms with Gasteiger partial charge in [0.25, 0.3) is 0 Å². The molecule has 0 bridgehead atoms. The molecule has 0 N–H and O–H groups in total. The van der Waals surface area contributed by atoms with Crippen LogP contribution >= 0.6 is 0 Å². The topological polar surface area (TPSA) is 0 Å². The van der Waals surface area contributed by atoms with Gasteiger partial charge in [0.05, 0.1) is 15.2 Å². The van der Waals surface area contributed by atoms with Crippen molar-refractivity contribution in [3.63, 3.8) is 0 Å². The van der Waals surface area contributed by atoms with E-state index in [9.17, 15) is 0 Å². The fourth-order valence-corrected chi connectivity index (χ4v) is 109. The lowest BCUT2D eigenvalue weighted by Gasteiger charge is -2.71. The summed E-state index contributed by atoms with van der Waals surface area (Å²) in [7, 11) is -6.58. The molecule has 6 fully saturated rings. The molecule has 0 aromatic carbocycles. The summed E-state index contributed by atoms with van der Waals surface area (Å²) < 4.78 is 0. The Morgan fingerprint density at radius 2 is 0.340 bits per heavy atom. The van der Waals surface area contributed by atoms with Gasteiger partial charge in [-0.05, 0) is 68.8 Å². The van der Waals surface area contributed by atoms with Crippen molar-refractivity contribution in [3.8, 4) is 0 Å². The molecule has 0 aromatic rings. The van der Waals surface area contributed by atoms with Crippen molar-refractivity contribution in [2.24, 2.45) is 35.5 Å². The molecule has 0 heterocycles. The monoisotopic (exact) mass is 755 g/mol. The standard InChI is InChI=1S/C46H90Si4/c1-35-11-23-41(24-12-35)49(42-25-13-36(2)14-26-42,43-27-15-37(3)16-28-43)47(7,8)48(9,10)50(44-29-17-38(4)18-30-44,45-31-19-39(5)20-32-45)46-33-21-40(6)22-34-46/h35-46H,11-34H2,1-10H3. The lowest BCUT2D eigenvalue weighted by Crippen LogP contribution is -2.87. The minimum Gasteiger partial charge on any atom is -0.0733 e. The zero-order valence-corrected chi connectivity index (χ0v) is 39.9. The fourth-order valence-electron chi connectivity index (χ4n) is 16.6. The Hall–Kier alpha value is 0.868. The van der Waals surface area contributed by atoms with Crippen LogP contribution in [0, 0.1) is 35.5 Å². The summed E-state index contributed by atoms with van der Waals surface area (Å²) in [6, 6.07) is 0. The predicted molar refractivity (Wildman–Crippen MR) is 235 cm³/mol. The van der Waals surface area contributed by atoms with Crippen LogP contribution in [0.4, 0.5) is 0 Å². The van der Waals surface area contributed by atoms with E-state index < -0.39 is 29.4 Å². The van der Waals surface area contributed by atoms with E-state index in [1.807, 2.05) is 0 Å².